The molecule has 1 unspecified atom stereocenters. The predicted molar refractivity (Wildman–Crippen MR) is 48.1 cm³/mol. The molecule has 72 valence electrons. The summed E-state index contributed by atoms with van der Waals surface area (Å²) in [5, 5.41) is 10.3. The van der Waals surface area contributed by atoms with Crippen LogP contribution in [0.2, 0.25) is 0 Å². The molecule has 1 atom stereocenters. The molecule has 0 aromatic heterocycles. The highest BCUT2D eigenvalue weighted by Crippen LogP contribution is 2.23. The molecular weight excluding hydrogens is 187 g/mol. The van der Waals surface area contributed by atoms with Crippen LogP contribution in [0.15, 0.2) is 18.2 Å². The Labute approximate surface area is 79.9 Å². The Morgan fingerprint density at radius 3 is 2.71 bits per heavy atom. The van der Waals surface area contributed by atoms with Crippen molar-refractivity contribution in [2.75, 3.05) is 0 Å². The Bertz CT molecular complexity index is 412. The van der Waals surface area contributed by atoms with E-state index in [1.807, 2.05) is 0 Å². The summed E-state index contributed by atoms with van der Waals surface area (Å²) in [6, 6.07) is 3.02. The van der Waals surface area contributed by atoms with Crippen LogP contribution in [0, 0.1) is 22.5 Å². The summed E-state index contributed by atoms with van der Waals surface area (Å²) in [5.41, 5.74) is -0.117. The van der Waals surface area contributed by atoms with Crippen molar-refractivity contribution >= 4 is 5.69 Å². The van der Waals surface area contributed by atoms with Crippen molar-refractivity contribution < 1.29 is 9.31 Å². The van der Waals surface area contributed by atoms with E-state index in [2.05, 4.69) is 4.85 Å². The maximum absolute atomic E-state index is 13.1. The normalized spacial score (nSPS) is 11.8. The molecule has 0 saturated carbocycles. The van der Waals surface area contributed by atoms with Crippen LogP contribution in [0.25, 0.3) is 4.85 Å². The lowest BCUT2D eigenvalue weighted by Gasteiger charge is -1.99. The average molecular weight is 194 g/mol. The third kappa shape index (κ3) is 1.85. The lowest BCUT2D eigenvalue weighted by Crippen LogP contribution is -1.95. The summed E-state index contributed by atoms with van der Waals surface area (Å²) >= 11 is 0. The summed E-state index contributed by atoms with van der Waals surface area (Å²) in [7, 11) is 0. The van der Waals surface area contributed by atoms with Crippen molar-refractivity contribution in [1.82, 2.24) is 0 Å². The second-order valence-electron chi connectivity index (χ2n) is 2.77. The molecule has 0 radical (unpaired) electrons. The molecule has 0 aliphatic heterocycles. The van der Waals surface area contributed by atoms with Crippen molar-refractivity contribution in [3.05, 3.63) is 51.1 Å². The molecule has 0 spiro atoms. The Hall–Kier alpha value is -1.96. The first-order valence-corrected chi connectivity index (χ1v) is 3.86. The van der Waals surface area contributed by atoms with Crippen LogP contribution >= 0.6 is 0 Å². The zero-order chi connectivity index (χ0) is 10.7. The number of rotatable bonds is 2. The minimum Gasteiger partial charge on any atom is -0.309 e. The quantitative estimate of drug-likeness (QED) is 0.413. The molecule has 4 nitrogen and oxygen atoms in total. The van der Waals surface area contributed by atoms with Crippen LogP contribution in [0.4, 0.5) is 10.1 Å². The van der Waals surface area contributed by atoms with Crippen LogP contribution in [0.1, 0.15) is 18.5 Å². The van der Waals surface area contributed by atoms with Gasteiger partial charge in [-0.15, -0.1) is 0 Å². The average Bonchev–Trinajstić information content (AvgIpc) is 2.15. The van der Waals surface area contributed by atoms with Crippen molar-refractivity contribution in [3.8, 4) is 0 Å². The van der Waals surface area contributed by atoms with Crippen LogP contribution in [-0.2, 0) is 0 Å². The molecule has 5 heteroatoms. The lowest BCUT2D eigenvalue weighted by atomic mass is 10.1. The lowest BCUT2D eigenvalue weighted by molar-refractivity contribution is -0.387. The van der Waals surface area contributed by atoms with E-state index in [4.69, 9.17) is 6.57 Å². The fourth-order valence-electron chi connectivity index (χ4n) is 1.01. The van der Waals surface area contributed by atoms with Crippen LogP contribution < -0.4 is 0 Å². The third-order valence-corrected chi connectivity index (χ3v) is 1.84. The predicted octanol–water partition coefficient (Wildman–Crippen LogP) is 2.71. The number of benzene rings is 1. The van der Waals surface area contributed by atoms with Crippen LogP contribution in [0.5, 0.6) is 0 Å². The summed E-state index contributed by atoms with van der Waals surface area (Å²) in [4.78, 5) is 12.7. The first-order chi connectivity index (χ1) is 6.56. The Morgan fingerprint density at radius 2 is 2.29 bits per heavy atom. The van der Waals surface area contributed by atoms with Crippen molar-refractivity contribution in [1.29, 1.82) is 0 Å². The second kappa shape index (κ2) is 3.83. The van der Waals surface area contributed by atoms with E-state index in [1.165, 1.54) is 6.07 Å². The van der Waals surface area contributed by atoms with Gasteiger partial charge in [-0.05, 0) is 12.1 Å². The highest BCUT2D eigenvalue weighted by Gasteiger charge is 2.17. The number of halogens is 1. The van der Waals surface area contributed by atoms with Gasteiger partial charge < -0.3 is 4.85 Å². The van der Waals surface area contributed by atoms with E-state index in [0.29, 0.717) is 5.56 Å². The SMILES string of the molecule is [C-]#[N+]C(C)c1ccc([N+](=O)[O-])c(F)c1. The molecule has 0 fully saturated rings. The first-order valence-electron chi connectivity index (χ1n) is 3.86. The summed E-state index contributed by atoms with van der Waals surface area (Å²) < 4.78 is 13.1. The second-order valence-corrected chi connectivity index (χ2v) is 2.77. The van der Waals surface area contributed by atoms with Gasteiger partial charge in [0.2, 0.25) is 11.9 Å². The molecule has 0 amide bonds. The van der Waals surface area contributed by atoms with Gasteiger partial charge in [-0.25, -0.2) is 6.57 Å². The van der Waals surface area contributed by atoms with E-state index >= 15 is 0 Å². The smallest absolute Gasteiger partial charge is 0.304 e. The molecule has 0 heterocycles. The number of hydrogen-bond acceptors (Lipinski definition) is 2. The highest BCUT2D eigenvalue weighted by molar-refractivity contribution is 5.36. The van der Waals surface area contributed by atoms with Gasteiger partial charge in [0.05, 0.1) is 4.92 Å². The molecule has 14 heavy (non-hydrogen) atoms. The van der Waals surface area contributed by atoms with Crippen molar-refractivity contribution in [2.24, 2.45) is 0 Å². The van der Waals surface area contributed by atoms with E-state index in [9.17, 15) is 14.5 Å². The zero-order valence-electron chi connectivity index (χ0n) is 7.40. The van der Waals surface area contributed by atoms with E-state index in [0.717, 1.165) is 12.1 Å². The molecule has 0 bridgehead atoms. The summed E-state index contributed by atoms with van der Waals surface area (Å²) in [5.74, 6) is -0.900. The minimum absolute atomic E-state index is 0.447. The maximum Gasteiger partial charge on any atom is 0.304 e. The third-order valence-electron chi connectivity index (χ3n) is 1.84. The largest absolute Gasteiger partial charge is 0.309 e. The van der Waals surface area contributed by atoms with E-state index in [1.54, 1.807) is 6.92 Å². The fourth-order valence-corrected chi connectivity index (χ4v) is 1.01. The molecule has 0 N–H and O–H groups in total. The van der Waals surface area contributed by atoms with Crippen LogP contribution in [-0.4, -0.2) is 4.92 Å². The van der Waals surface area contributed by atoms with Gasteiger partial charge in [0.1, 0.15) is 0 Å². The Balaban J connectivity index is 3.14. The molecule has 1 rings (SSSR count). The number of nitro benzene ring substituents is 1. The topological polar surface area (TPSA) is 47.5 Å². The highest BCUT2D eigenvalue weighted by atomic mass is 19.1. The molecular formula is C9H7FN2O2. The maximum atomic E-state index is 13.1. The van der Waals surface area contributed by atoms with E-state index < -0.39 is 22.5 Å². The number of nitrogens with zero attached hydrogens (tertiary/aromatic N) is 2. The molecule has 1 aromatic carbocycles. The van der Waals surface area contributed by atoms with Gasteiger partial charge in [-0.2, -0.15) is 4.39 Å². The molecule has 0 aliphatic carbocycles. The summed E-state index contributed by atoms with van der Waals surface area (Å²) in [6.45, 7) is 8.33. The standard InChI is InChI=1S/C9H7FN2O2/c1-6(11-2)7-3-4-9(12(13)14)8(10)5-7/h3-6H,1H3. The first kappa shape index (κ1) is 10.1. The van der Waals surface area contributed by atoms with Crippen molar-refractivity contribution in [3.63, 3.8) is 0 Å². The van der Waals surface area contributed by atoms with Gasteiger partial charge in [-0.1, -0.05) is 0 Å². The van der Waals surface area contributed by atoms with Gasteiger partial charge in [-0.3, -0.25) is 10.1 Å². The van der Waals surface area contributed by atoms with Gasteiger partial charge in [0.25, 0.3) is 0 Å². The Kier molecular flexibility index (Phi) is 2.77. The van der Waals surface area contributed by atoms with Gasteiger partial charge in [0, 0.05) is 18.6 Å². The monoisotopic (exact) mass is 194 g/mol. The molecule has 1 aromatic rings. The molecule has 0 saturated heterocycles. The van der Waals surface area contributed by atoms with E-state index in [-0.39, 0.29) is 0 Å². The fraction of sp³-hybridized carbons (Fsp3) is 0.222. The zero-order valence-corrected chi connectivity index (χ0v) is 7.40. The van der Waals surface area contributed by atoms with Gasteiger partial charge >= 0.3 is 5.69 Å². The minimum atomic E-state index is -0.900. The van der Waals surface area contributed by atoms with Crippen molar-refractivity contribution in [2.45, 2.75) is 13.0 Å². The van der Waals surface area contributed by atoms with Gasteiger partial charge in [0.15, 0.2) is 0 Å². The Morgan fingerprint density at radius 1 is 1.64 bits per heavy atom. The number of hydrogen-bond donors (Lipinski definition) is 0. The molecule has 0 aliphatic rings. The summed E-state index contributed by atoms with van der Waals surface area (Å²) in [6.07, 6.45) is 0. The van der Waals surface area contributed by atoms with Crippen LogP contribution in [0.3, 0.4) is 0 Å². The number of nitro groups is 1.